The van der Waals surface area contributed by atoms with Crippen molar-refractivity contribution >= 4 is 5.78 Å². The van der Waals surface area contributed by atoms with Crippen LogP contribution in [0.4, 0.5) is 0 Å². The molecule has 0 saturated carbocycles. The molecule has 0 fully saturated rings. The molecule has 0 amide bonds. The van der Waals surface area contributed by atoms with Crippen LogP contribution in [0.15, 0.2) is 0 Å². The average molecular weight is 208 g/mol. The second kappa shape index (κ2) is 4.14. The molecule has 1 aromatic rings. The van der Waals surface area contributed by atoms with Crippen molar-refractivity contribution < 1.29 is 9.53 Å². The van der Waals surface area contributed by atoms with Gasteiger partial charge in [0.15, 0.2) is 5.78 Å². The standard InChI is InChI=1S/C11H16N2O2/c1-13-8-5-3-4-6-9(14)11(8)12-10(13)7-15-2/h3-7H2,1-2H3. The number of fused-ring (bicyclic) bond motifs is 1. The van der Waals surface area contributed by atoms with Gasteiger partial charge in [-0.3, -0.25) is 4.79 Å². The summed E-state index contributed by atoms with van der Waals surface area (Å²) in [5.74, 6) is 1.03. The number of carbonyl (C=O) groups is 1. The molecule has 0 N–H and O–H groups in total. The highest BCUT2D eigenvalue weighted by Gasteiger charge is 2.22. The number of nitrogens with zero attached hydrogens (tertiary/aromatic N) is 2. The first kappa shape index (κ1) is 10.4. The number of Topliss-reactive ketones (excluding diaryl/α,β-unsaturated/α-hetero) is 1. The molecule has 1 aromatic heterocycles. The van der Waals surface area contributed by atoms with Crippen molar-refractivity contribution in [2.45, 2.75) is 32.3 Å². The highest BCUT2D eigenvalue weighted by atomic mass is 16.5. The maximum Gasteiger partial charge on any atom is 0.183 e. The van der Waals surface area contributed by atoms with E-state index in [9.17, 15) is 4.79 Å². The molecule has 0 aliphatic heterocycles. The maximum absolute atomic E-state index is 11.8. The van der Waals surface area contributed by atoms with E-state index >= 15 is 0 Å². The third kappa shape index (κ3) is 1.81. The minimum absolute atomic E-state index is 0.181. The summed E-state index contributed by atoms with van der Waals surface area (Å²) in [6.07, 6.45) is 3.64. The number of ketones is 1. The summed E-state index contributed by atoms with van der Waals surface area (Å²) in [4.78, 5) is 16.1. The molecular weight excluding hydrogens is 192 g/mol. The van der Waals surface area contributed by atoms with E-state index in [0.717, 1.165) is 30.8 Å². The highest BCUT2D eigenvalue weighted by molar-refractivity contribution is 5.95. The van der Waals surface area contributed by atoms with Gasteiger partial charge in [0, 0.05) is 26.3 Å². The molecule has 0 spiro atoms. The number of aromatic nitrogens is 2. The molecule has 0 bridgehead atoms. The summed E-state index contributed by atoms with van der Waals surface area (Å²) in [5.41, 5.74) is 1.74. The number of hydrogen-bond donors (Lipinski definition) is 0. The molecule has 0 atom stereocenters. The van der Waals surface area contributed by atoms with Crippen molar-refractivity contribution in [2.24, 2.45) is 7.05 Å². The largest absolute Gasteiger partial charge is 0.377 e. The Labute approximate surface area is 89.3 Å². The van der Waals surface area contributed by atoms with Crippen LogP contribution < -0.4 is 0 Å². The third-order valence-electron chi connectivity index (χ3n) is 2.91. The molecule has 1 aliphatic rings. The molecular formula is C11H16N2O2. The quantitative estimate of drug-likeness (QED) is 0.691. The van der Waals surface area contributed by atoms with Crippen molar-refractivity contribution in [3.8, 4) is 0 Å². The molecule has 0 saturated heterocycles. The number of rotatable bonds is 2. The Balaban J connectivity index is 2.41. The Hall–Kier alpha value is -1.16. The number of ether oxygens (including phenoxy) is 1. The molecule has 15 heavy (non-hydrogen) atoms. The van der Waals surface area contributed by atoms with Crippen LogP contribution in [0.3, 0.4) is 0 Å². The summed E-state index contributed by atoms with van der Waals surface area (Å²) in [6, 6.07) is 0. The Bertz CT molecular complexity index is 382. The van der Waals surface area contributed by atoms with E-state index in [0.29, 0.717) is 18.7 Å². The van der Waals surface area contributed by atoms with Gasteiger partial charge < -0.3 is 9.30 Å². The number of carbonyl (C=O) groups excluding carboxylic acids is 1. The summed E-state index contributed by atoms with van der Waals surface area (Å²) < 4.78 is 7.06. The van der Waals surface area contributed by atoms with Crippen LogP contribution in [0, 0.1) is 0 Å². The predicted molar refractivity (Wildman–Crippen MR) is 55.8 cm³/mol. The van der Waals surface area contributed by atoms with Gasteiger partial charge in [-0.15, -0.1) is 0 Å². The molecule has 0 aromatic carbocycles. The van der Waals surface area contributed by atoms with Crippen molar-refractivity contribution in [3.63, 3.8) is 0 Å². The van der Waals surface area contributed by atoms with Crippen molar-refractivity contribution in [2.75, 3.05) is 7.11 Å². The minimum Gasteiger partial charge on any atom is -0.377 e. The van der Waals surface area contributed by atoms with Crippen LogP contribution in [-0.4, -0.2) is 22.4 Å². The fourth-order valence-electron chi connectivity index (χ4n) is 2.05. The number of methoxy groups -OCH3 is 1. The van der Waals surface area contributed by atoms with E-state index in [1.54, 1.807) is 7.11 Å². The second-order valence-electron chi connectivity index (χ2n) is 3.95. The lowest BCUT2D eigenvalue weighted by Crippen LogP contribution is -2.03. The van der Waals surface area contributed by atoms with Gasteiger partial charge in [-0.25, -0.2) is 4.98 Å². The van der Waals surface area contributed by atoms with E-state index in [2.05, 4.69) is 4.98 Å². The molecule has 4 nitrogen and oxygen atoms in total. The van der Waals surface area contributed by atoms with Crippen LogP contribution in [0.5, 0.6) is 0 Å². The Kier molecular flexibility index (Phi) is 2.86. The van der Waals surface area contributed by atoms with Crippen LogP contribution in [-0.2, 0) is 24.8 Å². The van der Waals surface area contributed by atoms with Gasteiger partial charge in [0.2, 0.25) is 0 Å². The lowest BCUT2D eigenvalue weighted by atomic mass is 10.2. The first-order chi connectivity index (χ1) is 7.24. The SMILES string of the molecule is COCc1nc2c(n1C)CCCCC2=O. The summed E-state index contributed by atoms with van der Waals surface area (Å²) in [5, 5.41) is 0. The first-order valence-electron chi connectivity index (χ1n) is 5.30. The summed E-state index contributed by atoms with van der Waals surface area (Å²) >= 11 is 0. The van der Waals surface area contributed by atoms with E-state index in [-0.39, 0.29) is 5.78 Å². The zero-order valence-electron chi connectivity index (χ0n) is 9.25. The average Bonchev–Trinajstić information content (AvgIpc) is 2.42. The van der Waals surface area contributed by atoms with Crippen molar-refractivity contribution in [3.05, 3.63) is 17.2 Å². The van der Waals surface area contributed by atoms with E-state index in [4.69, 9.17) is 4.74 Å². The third-order valence-corrected chi connectivity index (χ3v) is 2.91. The zero-order chi connectivity index (χ0) is 10.8. The lowest BCUT2D eigenvalue weighted by Gasteiger charge is -2.03. The minimum atomic E-state index is 0.181. The Morgan fingerprint density at radius 3 is 2.87 bits per heavy atom. The smallest absolute Gasteiger partial charge is 0.183 e. The topological polar surface area (TPSA) is 44.1 Å². The number of hydrogen-bond acceptors (Lipinski definition) is 3. The van der Waals surface area contributed by atoms with Gasteiger partial charge in [-0.1, -0.05) is 0 Å². The fourth-order valence-corrected chi connectivity index (χ4v) is 2.05. The van der Waals surface area contributed by atoms with Crippen LogP contribution in [0.2, 0.25) is 0 Å². The van der Waals surface area contributed by atoms with Crippen LogP contribution in [0.1, 0.15) is 41.3 Å². The normalized spacial score (nSPS) is 16.3. The molecule has 1 heterocycles. The molecule has 1 aliphatic carbocycles. The zero-order valence-corrected chi connectivity index (χ0v) is 9.25. The monoisotopic (exact) mass is 208 g/mol. The van der Waals surface area contributed by atoms with E-state index in [1.165, 1.54) is 0 Å². The summed E-state index contributed by atoms with van der Waals surface area (Å²) in [7, 11) is 3.60. The Morgan fingerprint density at radius 2 is 2.13 bits per heavy atom. The molecule has 0 radical (unpaired) electrons. The van der Waals surface area contributed by atoms with E-state index < -0.39 is 0 Å². The fraction of sp³-hybridized carbons (Fsp3) is 0.636. The van der Waals surface area contributed by atoms with Gasteiger partial charge in [-0.05, 0) is 19.3 Å². The van der Waals surface area contributed by atoms with Crippen LogP contribution >= 0.6 is 0 Å². The van der Waals surface area contributed by atoms with Gasteiger partial charge in [0.05, 0.1) is 0 Å². The lowest BCUT2D eigenvalue weighted by molar-refractivity contribution is 0.0977. The van der Waals surface area contributed by atoms with Gasteiger partial charge >= 0.3 is 0 Å². The summed E-state index contributed by atoms with van der Waals surface area (Å²) in [6.45, 7) is 0.469. The van der Waals surface area contributed by atoms with E-state index in [1.807, 2.05) is 11.6 Å². The molecule has 82 valence electrons. The second-order valence-corrected chi connectivity index (χ2v) is 3.95. The molecule has 0 unspecified atom stereocenters. The van der Waals surface area contributed by atoms with Crippen LogP contribution in [0.25, 0.3) is 0 Å². The van der Waals surface area contributed by atoms with Crippen molar-refractivity contribution in [1.82, 2.24) is 9.55 Å². The van der Waals surface area contributed by atoms with Crippen molar-refractivity contribution in [1.29, 1.82) is 0 Å². The van der Waals surface area contributed by atoms with Gasteiger partial charge in [0.25, 0.3) is 0 Å². The maximum atomic E-state index is 11.8. The first-order valence-corrected chi connectivity index (χ1v) is 5.30. The highest BCUT2D eigenvalue weighted by Crippen LogP contribution is 2.21. The Morgan fingerprint density at radius 1 is 1.40 bits per heavy atom. The predicted octanol–water partition coefficient (Wildman–Crippen LogP) is 1.48. The molecule has 4 heteroatoms. The van der Waals surface area contributed by atoms with Gasteiger partial charge in [0.1, 0.15) is 18.1 Å². The number of imidazole rings is 1. The molecule has 2 rings (SSSR count). The van der Waals surface area contributed by atoms with Gasteiger partial charge in [-0.2, -0.15) is 0 Å².